The number of quaternary nitrogens is 1. The molecule has 1 unspecified atom stereocenters. The van der Waals surface area contributed by atoms with E-state index in [0.29, 0.717) is 13.1 Å². The zero-order valence-electron chi connectivity index (χ0n) is 12.6. The van der Waals surface area contributed by atoms with Gasteiger partial charge in [0.1, 0.15) is 17.2 Å². The molecule has 2 N–H and O–H groups in total. The molecule has 5 heteroatoms. The van der Waals surface area contributed by atoms with Gasteiger partial charge in [-0.1, -0.05) is 30.3 Å². The lowest BCUT2D eigenvalue weighted by Crippen LogP contribution is -3.11. The Bertz CT molecular complexity index is 568. The fourth-order valence-electron chi connectivity index (χ4n) is 2.16. The van der Waals surface area contributed by atoms with Gasteiger partial charge in [-0.25, -0.2) is 4.98 Å². The van der Waals surface area contributed by atoms with E-state index in [1.165, 1.54) is 4.90 Å². The number of hydrogen-bond donors (Lipinski definition) is 2. The minimum atomic E-state index is 0.105. The van der Waals surface area contributed by atoms with Crippen LogP contribution in [0.3, 0.4) is 0 Å². The summed E-state index contributed by atoms with van der Waals surface area (Å²) in [6.45, 7) is 6.93. The quantitative estimate of drug-likeness (QED) is 0.811. The Hall–Kier alpha value is -1.72. The number of benzene rings is 1. The number of thiazole rings is 1. The van der Waals surface area contributed by atoms with E-state index in [2.05, 4.69) is 34.7 Å². The van der Waals surface area contributed by atoms with E-state index in [9.17, 15) is 4.79 Å². The average Bonchev–Trinajstić information content (AvgIpc) is 2.96. The van der Waals surface area contributed by atoms with Gasteiger partial charge in [0.2, 0.25) is 0 Å². The lowest BCUT2D eigenvalue weighted by Gasteiger charge is -2.15. The van der Waals surface area contributed by atoms with E-state index < -0.39 is 0 Å². The molecule has 21 heavy (non-hydrogen) atoms. The van der Waals surface area contributed by atoms with Crippen molar-refractivity contribution < 1.29 is 9.69 Å². The number of hydrogen-bond acceptors (Lipinski definition) is 3. The molecule has 0 aliphatic carbocycles. The van der Waals surface area contributed by atoms with Crippen molar-refractivity contribution in [2.45, 2.75) is 20.4 Å². The fraction of sp³-hybridized carbons (Fsp3) is 0.375. The van der Waals surface area contributed by atoms with Crippen LogP contribution in [-0.2, 0) is 11.3 Å². The number of amides is 1. The minimum Gasteiger partial charge on any atom is -0.351 e. The third kappa shape index (κ3) is 4.65. The van der Waals surface area contributed by atoms with E-state index in [-0.39, 0.29) is 5.91 Å². The predicted molar refractivity (Wildman–Crippen MR) is 86.3 cm³/mol. The molecule has 0 bridgehead atoms. The van der Waals surface area contributed by atoms with Crippen LogP contribution in [-0.4, -0.2) is 30.5 Å². The Morgan fingerprint density at radius 1 is 1.29 bits per heavy atom. The molecule has 0 saturated heterocycles. The van der Waals surface area contributed by atoms with Gasteiger partial charge in [0, 0.05) is 17.5 Å². The lowest BCUT2D eigenvalue weighted by molar-refractivity contribution is -0.904. The highest BCUT2D eigenvalue weighted by Crippen LogP contribution is 2.22. The molecule has 2 aromatic rings. The summed E-state index contributed by atoms with van der Waals surface area (Å²) in [5, 5.41) is 5.98. The molecule has 0 radical (unpaired) electrons. The van der Waals surface area contributed by atoms with Crippen LogP contribution in [0.25, 0.3) is 10.6 Å². The largest absolute Gasteiger partial charge is 0.351 e. The topological polar surface area (TPSA) is 46.4 Å². The van der Waals surface area contributed by atoms with Gasteiger partial charge >= 0.3 is 0 Å². The molecule has 1 heterocycles. The number of nitrogens with zero attached hydrogens (tertiary/aromatic N) is 1. The summed E-state index contributed by atoms with van der Waals surface area (Å²) < 4.78 is 0. The zero-order valence-corrected chi connectivity index (χ0v) is 13.4. The standard InChI is InChI=1S/C16H21N3OS/c1-3-17-15(20)11-19(4-2)10-14-12-21-16(18-14)13-8-6-5-7-9-13/h5-9,12H,3-4,10-11H2,1-2H3,(H,17,20)/p+1. The first-order valence-electron chi connectivity index (χ1n) is 7.33. The lowest BCUT2D eigenvalue weighted by atomic mass is 10.2. The smallest absolute Gasteiger partial charge is 0.275 e. The summed E-state index contributed by atoms with van der Waals surface area (Å²) in [7, 11) is 0. The monoisotopic (exact) mass is 304 g/mol. The normalized spacial score (nSPS) is 12.1. The molecule has 2 rings (SSSR count). The molecule has 0 saturated carbocycles. The van der Waals surface area contributed by atoms with Gasteiger partial charge in [-0.15, -0.1) is 11.3 Å². The second kappa shape index (κ2) is 7.90. The second-order valence-electron chi connectivity index (χ2n) is 4.92. The van der Waals surface area contributed by atoms with Crippen LogP contribution in [0.2, 0.25) is 0 Å². The van der Waals surface area contributed by atoms with Crippen LogP contribution >= 0.6 is 11.3 Å². The van der Waals surface area contributed by atoms with E-state index in [1.807, 2.05) is 25.1 Å². The molecule has 0 fully saturated rings. The molecule has 0 aliphatic heterocycles. The summed E-state index contributed by atoms with van der Waals surface area (Å²) in [6, 6.07) is 10.2. The number of aromatic nitrogens is 1. The van der Waals surface area contributed by atoms with Crippen molar-refractivity contribution in [3.05, 3.63) is 41.4 Å². The molecule has 112 valence electrons. The van der Waals surface area contributed by atoms with Gasteiger partial charge in [-0.3, -0.25) is 4.79 Å². The molecule has 0 aliphatic rings. The van der Waals surface area contributed by atoms with Crippen molar-refractivity contribution in [2.24, 2.45) is 0 Å². The first-order valence-corrected chi connectivity index (χ1v) is 8.21. The van der Waals surface area contributed by atoms with Gasteiger partial charge in [0.25, 0.3) is 5.91 Å². The number of carbonyl (C=O) groups is 1. The third-order valence-electron chi connectivity index (χ3n) is 3.29. The number of carbonyl (C=O) groups excluding carboxylic acids is 1. The Kier molecular flexibility index (Phi) is 5.90. The summed E-state index contributed by atoms with van der Waals surface area (Å²) in [6.07, 6.45) is 0. The highest BCUT2D eigenvalue weighted by Gasteiger charge is 2.14. The predicted octanol–water partition coefficient (Wildman–Crippen LogP) is 1.35. The first-order chi connectivity index (χ1) is 10.2. The summed E-state index contributed by atoms with van der Waals surface area (Å²) in [5.41, 5.74) is 2.20. The van der Waals surface area contributed by atoms with Crippen LogP contribution in [0.15, 0.2) is 35.7 Å². The number of likely N-dealkylation sites (N-methyl/N-ethyl adjacent to an activating group) is 2. The minimum absolute atomic E-state index is 0.105. The number of rotatable bonds is 7. The average molecular weight is 304 g/mol. The Morgan fingerprint density at radius 2 is 2.05 bits per heavy atom. The third-order valence-corrected chi connectivity index (χ3v) is 4.23. The van der Waals surface area contributed by atoms with Gasteiger partial charge < -0.3 is 10.2 Å². The fourth-order valence-corrected chi connectivity index (χ4v) is 2.98. The van der Waals surface area contributed by atoms with Crippen molar-refractivity contribution >= 4 is 17.2 Å². The van der Waals surface area contributed by atoms with Gasteiger partial charge in [-0.05, 0) is 13.8 Å². The van der Waals surface area contributed by atoms with E-state index in [4.69, 9.17) is 0 Å². The van der Waals surface area contributed by atoms with Crippen LogP contribution in [0, 0.1) is 0 Å². The van der Waals surface area contributed by atoms with E-state index in [0.717, 1.165) is 29.4 Å². The molecule has 4 nitrogen and oxygen atoms in total. The Balaban J connectivity index is 1.99. The van der Waals surface area contributed by atoms with E-state index in [1.54, 1.807) is 11.3 Å². The van der Waals surface area contributed by atoms with Crippen molar-refractivity contribution in [1.82, 2.24) is 10.3 Å². The van der Waals surface area contributed by atoms with Crippen LogP contribution < -0.4 is 10.2 Å². The van der Waals surface area contributed by atoms with Gasteiger partial charge in [0.15, 0.2) is 6.54 Å². The maximum atomic E-state index is 11.7. The molecule has 1 aromatic heterocycles. The molecular weight excluding hydrogens is 282 g/mol. The molecule has 1 amide bonds. The molecular formula is C16H22N3OS+. The van der Waals surface area contributed by atoms with Crippen LogP contribution in [0.4, 0.5) is 0 Å². The SMILES string of the molecule is CCNC(=O)C[NH+](CC)Cc1csc(-c2ccccc2)n1. The summed E-state index contributed by atoms with van der Waals surface area (Å²) >= 11 is 1.66. The molecule has 1 aromatic carbocycles. The molecule has 1 atom stereocenters. The van der Waals surface area contributed by atoms with Crippen molar-refractivity contribution in [1.29, 1.82) is 0 Å². The Morgan fingerprint density at radius 3 is 2.71 bits per heavy atom. The highest BCUT2D eigenvalue weighted by atomic mass is 32.1. The maximum absolute atomic E-state index is 11.7. The van der Waals surface area contributed by atoms with Crippen molar-refractivity contribution in [3.8, 4) is 10.6 Å². The summed E-state index contributed by atoms with van der Waals surface area (Å²) in [5.74, 6) is 0.105. The maximum Gasteiger partial charge on any atom is 0.275 e. The first kappa shape index (κ1) is 15.7. The number of nitrogens with one attached hydrogen (secondary N) is 2. The highest BCUT2D eigenvalue weighted by molar-refractivity contribution is 7.13. The van der Waals surface area contributed by atoms with Gasteiger partial charge in [0.05, 0.1) is 6.54 Å². The molecule has 0 spiro atoms. The Labute approximate surface area is 129 Å². The zero-order chi connectivity index (χ0) is 15.1. The van der Waals surface area contributed by atoms with Crippen molar-refractivity contribution in [2.75, 3.05) is 19.6 Å². The van der Waals surface area contributed by atoms with Crippen LogP contribution in [0.1, 0.15) is 19.5 Å². The van der Waals surface area contributed by atoms with Gasteiger partial charge in [-0.2, -0.15) is 0 Å². The van der Waals surface area contributed by atoms with E-state index >= 15 is 0 Å². The van der Waals surface area contributed by atoms with Crippen LogP contribution in [0.5, 0.6) is 0 Å². The second-order valence-corrected chi connectivity index (χ2v) is 5.78. The summed E-state index contributed by atoms with van der Waals surface area (Å²) in [4.78, 5) is 17.6. The van der Waals surface area contributed by atoms with Crippen molar-refractivity contribution in [3.63, 3.8) is 0 Å².